The average molecular weight is 340 g/mol. The summed E-state index contributed by atoms with van der Waals surface area (Å²) in [6.45, 7) is 1.63. The highest BCUT2D eigenvalue weighted by Gasteiger charge is 2.34. The number of carbonyl (C=O) groups excluding carboxylic acids is 1. The Kier molecular flexibility index (Phi) is 4.65. The number of nitrogens with zero attached hydrogens (tertiary/aromatic N) is 2. The first-order valence-electron chi connectivity index (χ1n) is 8.11. The summed E-state index contributed by atoms with van der Waals surface area (Å²) in [5.74, 6) is -0.560. The highest BCUT2D eigenvalue weighted by Crippen LogP contribution is 2.29. The average Bonchev–Trinajstić information content (AvgIpc) is 2.72. The third-order valence-electron chi connectivity index (χ3n) is 4.44. The van der Waals surface area contributed by atoms with Crippen molar-refractivity contribution in [3.05, 3.63) is 65.5 Å². The lowest BCUT2D eigenvalue weighted by Crippen LogP contribution is -2.53. The molecule has 1 aliphatic rings. The number of halogens is 1. The van der Waals surface area contributed by atoms with Gasteiger partial charge in [0.1, 0.15) is 18.0 Å². The molecule has 0 saturated heterocycles. The number of rotatable bonds is 3. The van der Waals surface area contributed by atoms with E-state index in [2.05, 4.69) is 4.99 Å². The summed E-state index contributed by atoms with van der Waals surface area (Å²) >= 11 is 0. The SMILES string of the molecule is CC(N)C(=O)C1N=C(c2ccc(F)cc2)c2ccccc2N(C)C1N. The molecule has 3 unspecified atom stereocenters. The highest BCUT2D eigenvalue weighted by molar-refractivity contribution is 6.17. The van der Waals surface area contributed by atoms with Crippen molar-refractivity contribution in [2.24, 2.45) is 16.5 Å². The Balaban J connectivity index is 2.22. The Morgan fingerprint density at radius 3 is 2.48 bits per heavy atom. The molecule has 25 heavy (non-hydrogen) atoms. The summed E-state index contributed by atoms with van der Waals surface area (Å²) in [6, 6.07) is 12.2. The van der Waals surface area contributed by atoms with Gasteiger partial charge in [-0.15, -0.1) is 0 Å². The van der Waals surface area contributed by atoms with E-state index in [1.54, 1.807) is 19.1 Å². The Morgan fingerprint density at radius 1 is 1.20 bits per heavy atom. The third-order valence-corrected chi connectivity index (χ3v) is 4.44. The molecule has 0 spiro atoms. The molecule has 130 valence electrons. The Labute approximate surface area is 146 Å². The molecule has 0 aromatic heterocycles. The van der Waals surface area contributed by atoms with Gasteiger partial charge < -0.3 is 16.4 Å². The van der Waals surface area contributed by atoms with Gasteiger partial charge in [0.25, 0.3) is 0 Å². The first kappa shape index (κ1) is 17.3. The summed E-state index contributed by atoms with van der Waals surface area (Å²) in [6.07, 6.45) is -0.641. The van der Waals surface area contributed by atoms with E-state index in [1.165, 1.54) is 12.1 Å². The van der Waals surface area contributed by atoms with Crippen LogP contribution in [0.25, 0.3) is 0 Å². The number of benzene rings is 2. The zero-order valence-corrected chi connectivity index (χ0v) is 14.2. The molecular formula is C19H21FN4O. The third kappa shape index (κ3) is 3.18. The molecule has 0 bridgehead atoms. The minimum Gasteiger partial charge on any atom is -0.356 e. The molecule has 2 aromatic carbocycles. The van der Waals surface area contributed by atoms with Crippen LogP contribution < -0.4 is 16.4 Å². The van der Waals surface area contributed by atoms with Crippen molar-refractivity contribution >= 4 is 17.2 Å². The standard InChI is InChI=1S/C19H21FN4O/c1-11(21)18(25)17-19(22)24(2)15-6-4-3-5-14(15)16(23-17)12-7-9-13(20)10-8-12/h3-11,17,19H,21-22H2,1-2H3. The van der Waals surface area contributed by atoms with Gasteiger partial charge in [0.05, 0.1) is 11.8 Å². The van der Waals surface area contributed by atoms with Gasteiger partial charge >= 0.3 is 0 Å². The molecule has 0 aliphatic carbocycles. The number of nitrogens with two attached hydrogens (primary N) is 2. The Morgan fingerprint density at radius 2 is 1.84 bits per heavy atom. The van der Waals surface area contributed by atoms with Crippen LogP contribution in [0, 0.1) is 5.82 Å². The molecule has 0 fully saturated rings. The van der Waals surface area contributed by atoms with Gasteiger partial charge in [-0.3, -0.25) is 9.79 Å². The minimum absolute atomic E-state index is 0.230. The molecule has 0 amide bonds. The van der Waals surface area contributed by atoms with Crippen molar-refractivity contribution in [3.63, 3.8) is 0 Å². The number of benzodiazepines with no additional fused rings is 1. The molecule has 2 aromatic rings. The smallest absolute Gasteiger partial charge is 0.177 e. The van der Waals surface area contributed by atoms with Crippen LogP contribution in [0.1, 0.15) is 18.1 Å². The summed E-state index contributed by atoms with van der Waals surface area (Å²) in [7, 11) is 1.83. The fraction of sp³-hybridized carbons (Fsp3) is 0.263. The fourth-order valence-corrected chi connectivity index (χ4v) is 2.98. The van der Waals surface area contributed by atoms with Gasteiger partial charge in [-0.2, -0.15) is 0 Å². The van der Waals surface area contributed by atoms with Crippen LogP contribution in [0.15, 0.2) is 53.5 Å². The summed E-state index contributed by atoms with van der Waals surface area (Å²) in [5.41, 5.74) is 15.1. The van der Waals surface area contributed by atoms with Gasteiger partial charge in [-0.05, 0) is 37.3 Å². The number of anilines is 1. The second-order valence-electron chi connectivity index (χ2n) is 6.24. The van der Waals surface area contributed by atoms with Crippen LogP contribution in [0.5, 0.6) is 0 Å². The number of ketones is 1. The largest absolute Gasteiger partial charge is 0.356 e. The van der Waals surface area contributed by atoms with Gasteiger partial charge in [0.2, 0.25) is 0 Å². The van der Waals surface area contributed by atoms with Crippen LogP contribution in [0.4, 0.5) is 10.1 Å². The van der Waals surface area contributed by atoms with E-state index in [1.807, 2.05) is 36.2 Å². The molecule has 4 N–H and O–H groups in total. The second kappa shape index (κ2) is 6.74. The predicted octanol–water partition coefficient (Wildman–Crippen LogP) is 1.68. The summed E-state index contributed by atoms with van der Waals surface area (Å²) < 4.78 is 13.3. The maximum Gasteiger partial charge on any atom is 0.177 e. The first-order chi connectivity index (χ1) is 11.9. The maximum absolute atomic E-state index is 13.3. The molecule has 0 radical (unpaired) electrons. The van der Waals surface area contributed by atoms with Crippen LogP contribution >= 0.6 is 0 Å². The van der Waals surface area contributed by atoms with E-state index in [4.69, 9.17) is 11.5 Å². The fourth-order valence-electron chi connectivity index (χ4n) is 2.98. The topological polar surface area (TPSA) is 84.7 Å². The Bertz CT molecular complexity index is 816. The van der Waals surface area contributed by atoms with E-state index in [0.29, 0.717) is 5.71 Å². The lowest BCUT2D eigenvalue weighted by molar-refractivity contribution is -0.121. The molecule has 3 atom stereocenters. The second-order valence-corrected chi connectivity index (χ2v) is 6.24. The normalized spacial score (nSPS) is 21.2. The minimum atomic E-state index is -0.808. The number of Topliss-reactive ketones (excluding diaryl/α,β-unsaturated/α-hetero) is 1. The monoisotopic (exact) mass is 340 g/mol. The number of hydrogen-bond acceptors (Lipinski definition) is 5. The molecule has 6 heteroatoms. The van der Waals surface area contributed by atoms with Crippen LogP contribution in [0.3, 0.4) is 0 Å². The van der Waals surface area contributed by atoms with Crippen molar-refractivity contribution in [3.8, 4) is 0 Å². The van der Waals surface area contributed by atoms with Gasteiger partial charge in [0, 0.05) is 23.9 Å². The van der Waals surface area contributed by atoms with Crippen molar-refractivity contribution < 1.29 is 9.18 Å². The number of carbonyl (C=O) groups is 1. The van der Waals surface area contributed by atoms with Crippen molar-refractivity contribution in [2.45, 2.75) is 25.2 Å². The van der Waals surface area contributed by atoms with E-state index < -0.39 is 18.2 Å². The molecular weight excluding hydrogens is 319 g/mol. The number of likely N-dealkylation sites (N-methyl/N-ethyl adjacent to an activating group) is 1. The van der Waals surface area contributed by atoms with Crippen molar-refractivity contribution in [2.75, 3.05) is 11.9 Å². The van der Waals surface area contributed by atoms with E-state index in [-0.39, 0.29) is 11.6 Å². The van der Waals surface area contributed by atoms with Gasteiger partial charge in [-0.25, -0.2) is 4.39 Å². The molecule has 1 aliphatic heterocycles. The van der Waals surface area contributed by atoms with Crippen LogP contribution in [0.2, 0.25) is 0 Å². The van der Waals surface area contributed by atoms with Crippen LogP contribution in [-0.4, -0.2) is 36.8 Å². The van der Waals surface area contributed by atoms with Crippen molar-refractivity contribution in [1.29, 1.82) is 0 Å². The van der Waals surface area contributed by atoms with Crippen molar-refractivity contribution in [1.82, 2.24) is 0 Å². The van der Waals surface area contributed by atoms with Gasteiger partial charge in [-0.1, -0.05) is 18.2 Å². The highest BCUT2D eigenvalue weighted by atomic mass is 19.1. The van der Waals surface area contributed by atoms with E-state index in [0.717, 1.165) is 16.8 Å². The lowest BCUT2D eigenvalue weighted by Gasteiger charge is -2.29. The Hall–Kier alpha value is -2.57. The van der Waals surface area contributed by atoms with Gasteiger partial charge in [0.15, 0.2) is 5.78 Å². The van der Waals surface area contributed by atoms with E-state index in [9.17, 15) is 9.18 Å². The molecule has 3 rings (SSSR count). The summed E-state index contributed by atoms with van der Waals surface area (Å²) in [4.78, 5) is 19.1. The number of fused-ring (bicyclic) bond motifs is 1. The number of hydrogen-bond donors (Lipinski definition) is 2. The molecule has 1 heterocycles. The zero-order chi connectivity index (χ0) is 18.1. The lowest BCUT2D eigenvalue weighted by atomic mass is 10.00. The first-order valence-corrected chi connectivity index (χ1v) is 8.11. The van der Waals surface area contributed by atoms with Crippen LogP contribution in [-0.2, 0) is 4.79 Å². The summed E-state index contributed by atoms with van der Waals surface area (Å²) in [5, 5.41) is 0. The molecule has 5 nitrogen and oxygen atoms in total. The molecule has 0 saturated carbocycles. The zero-order valence-electron chi connectivity index (χ0n) is 14.2. The van der Waals surface area contributed by atoms with E-state index >= 15 is 0 Å². The maximum atomic E-state index is 13.3. The quantitative estimate of drug-likeness (QED) is 0.890. The predicted molar refractivity (Wildman–Crippen MR) is 97.3 cm³/mol. The number of para-hydroxylation sites is 1. The number of aliphatic imine (C=N–C) groups is 1.